The lowest BCUT2D eigenvalue weighted by Gasteiger charge is -1.98. The third kappa shape index (κ3) is 2.57. The van der Waals surface area contributed by atoms with Crippen LogP contribution in [0.4, 0.5) is 10.3 Å². The number of halogens is 1. The molecule has 0 amide bonds. The quantitative estimate of drug-likeness (QED) is 0.862. The summed E-state index contributed by atoms with van der Waals surface area (Å²) in [7, 11) is 0. The molecule has 2 rings (SSSR count). The molecule has 2 aromatic rings. The Morgan fingerprint density at radius 2 is 2.26 bits per heavy atom. The van der Waals surface area contributed by atoms with E-state index in [9.17, 15) is 9.18 Å². The Balaban J connectivity index is 2.38. The number of hydrogen-bond acceptors (Lipinski definition) is 5. The molecule has 0 radical (unpaired) electrons. The number of ether oxygens (including phenoxy) is 1. The first kappa shape index (κ1) is 13.1. The molecule has 1 aromatic heterocycles. The van der Waals surface area contributed by atoms with Crippen LogP contribution in [0.2, 0.25) is 0 Å². The first-order chi connectivity index (χ1) is 9.02. The van der Waals surface area contributed by atoms with Crippen molar-refractivity contribution < 1.29 is 18.3 Å². The summed E-state index contributed by atoms with van der Waals surface area (Å²) < 4.78 is 23.2. The van der Waals surface area contributed by atoms with E-state index < -0.39 is 5.97 Å². The van der Waals surface area contributed by atoms with Gasteiger partial charge < -0.3 is 14.9 Å². The molecule has 1 heterocycles. The molecule has 0 aliphatic rings. The van der Waals surface area contributed by atoms with E-state index in [1.807, 2.05) is 0 Å². The Bertz CT molecular complexity index is 622. The van der Waals surface area contributed by atoms with Crippen LogP contribution < -0.4 is 5.73 Å². The van der Waals surface area contributed by atoms with Crippen molar-refractivity contribution >= 4 is 11.9 Å². The molecule has 6 heteroatoms. The second kappa shape index (κ2) is 5.09. The van der Waals surface area contributed by atoms with Crippen molar-refractivity contribution in [1.82, 2.24) is 4.98 Å². The average Bonchev–Trinajstić information content (AvgIpc) is 2.75. The van der Waals surface area contributed by atoms with Crippen molar-refractivity contribution in [3.63, 3.8) is 0 Å². The molecular formula is C13H13FN2O3. The number of rotatable bonds is 3. The zero-order chi connectivity index (χ0) is 14.0. The minimum atomic E-state index is -0.645. The van der Waals surface area contributed by atoms with E-state index in [0.29, 0.717) is 11.1 Å². The first-order valence-electron chi connectivity index (χ1n) is 5.73. The van der Waals surface area contributed by atoms with Gasteiger partial charge in [-0.05, 0) is 37.6 Å². The van der Waals surface area contributed by atoms with Gasteiger partial charge in [0.15, 0.2) is 0 Å². The number of esters is 1. The van der Waals surface area contributed by atoms with Gasteiger partial charge in [-0.2, -0.15) is 4.98 Å². The van der Waals surface area contributed by atoms with Gasteiger partial charge in [-0.15, -0.1) is 0 Å². The summed E-state index contributed by atoms with van der Waals surface area (Å²) in [5.41, 5.74) is 6.50. The van der Waals surface area contributed by atoms with Crippen LogP contribution in [0.5, 0.6) is 0 Å². The lowest BCUT2D eigenvalue weighted by Crippen LogP contribution is -2.07. The van der Waals surface area contributed by atoms with Crippen LogP contribution in [0.3, 0.4) is 0 Å². The summed E-state index contributed by atoms with van der Waals surface area (Å²) in [5, 5.41) is 0. The molecule has 0 aliphatic carbocycles. The van der Waals surface area contributed by atoms with Gasteiger partial charge in [0.2, 0.25) is 17.5 Å². The number of nitrogens with two attached hydrogens (primary N) is 1. The molecule has 0 saturated carbocycles. The molecule has 0 fully saturated rings. The number of anilines is 1. The fourth-order valence-electron chi connectivity index (χ4n) is 1.58. The number of oxazole rings is 1. The number of carbonyl (C=O) groups excluding carboxylic acids is 1. The molecule has 0 atom stereocenters. The molecule has 0 spiro atoms. The maximum absolute atomic E-state index is 13.2. The standard InChI is InChI=1S/C13H13FN2O3/c1-3-18-13(17)10-11(15)19-12(16-10)8-4-5-9(14)7(2)6-8/h4-6H,3,15H2,1-2H3. The zero-order valence-electron chi connectivity index (χ0n) is 10.6. The minimum Gasteiger partial charge on any atom is -0.461 e. The van der Waals surface area contributed by atoms with E-state index in [1.54, 1.807) is 19.9 Å². The van der Waals surface area contributed by atoms with Gasteiger partial charge in [0.25, 0.3) is 0 Å². The summed E-state index contributed by atoms with van der Waals surface area (Å²) in [6, 6.07) is 4.37. The van der Waals surface area contributed by atoms with Crippen molar-refractivity contribution in [3.05, 3.63) is 35.3 Å². The van der Waals surface area contributed by atoms with Crippen LogP contribution in [-0.4, -0.2) is 17.6 Å². The Kier molecular flexibility index (Phi) is 3.50. The van der Waals surface area contributed by atoms with Gasteiger partial charge in [0.05, 0.1) is 6.61 Å². The van der Waals surface area contributed by atoms with Gasteiger partial charge in [-0.25, -0.2) is 9.18 Å². The molecule has 0 unspecified atom stereocenters. The van der Waals surface area contributed by atoms with Gasteiger partial charge in [-0.3, -0.25) is 0 Å². The van der Waals surface area contributed by atoms with Crippen LogP contribution in [0.15, 0.2) is 22.6 Å². The van der Waals surface area contributed by atoms with Crippen molar-refractivity contribution in [2.75, 3.05) is 12.3 Å². The molecule has 0 saturated heterocycles. The summed E-state index contributed by atoms with van der Waals surface area (Å²) in [6.45, 7) is 3.52. The summed E-state index contributed by atoms with van der Waals surface area (Å²) >= 11 is 0. The van der Waals surface area contributed by atoms with E-state index in [0.717, 1.165) is 0 Å². The van der Waals surface area contributed by atoms with Crippen molar-refractivity contribution in [2.45, 2.75) is 13.8 Å². The van der Waals surface area contributed by atoms with E-state index >= 15 is 0 Å². The largest absolute Gasteiger partial charge is 0.461 e. The number of benzene rings is 1. The fourth-order valence-corrected chi connectivity index (χ4v) is 1.58. The Labute approximate surface area is 109 Å². The maximum atomic E-state index is 13.2. The number of nitrogen functional groups attached to an aromatic ring is 1. The Morgan fingerprint density at radius 3 is 2.89 bits per heavy atom. The van der Waals surface area contributed by atoms with E-state index in [1.165, 1.54) is 12.1 Å². The fraction of sp³-hybridized carbons (Fsp3) is 0.231. The van der Waals surface area contributed by atoms with Crippen molar-refractivity contribution in [1.29, 1.82) is 0 Å². The SMILES string of the molecule is CCOC(=O)c1nc(-c2ccc(F)c(C)c2)oc1N. The predicted molar refractivity (Wildman–Crippen MR) is 67.0 cm³/mol. The molecule has 1 aromatic carbocycles. The number of aromatic nitrogens is 1. The summed E-state index contributed by atoms with van der Waals surface area (Å²) in [5.74, 6) is -0.929. The highest BCUT2D eigenvalue weighted by molar-refractivity contribution is 5.92. The van der Waals surface area contributed by atoms with Crippen LogP contribution in [0.1, 0.15) is 23.0 Å². The molecule has 19 heavy (non-hydrogen) atoms. The second-order valence-corrected chi connectivity index (χ2v) is 3.92. The van der Waals surface area contributed by atoms with Crippen molar-refractivity contribution in [3.8, 4) is 11.5 Å². The lowest BCUT2D eigenvalue weighted by atomic mass is 10.1. The van der Waals surface area contributed by atoms with Crippen LogP contribution in [0, 0.1) is 12.7 Å². The molecule has 5 nitrogen and oxygen atoms in total. The third-order valence-corrected chi connectivity index (χ3v) is 2.53. The Hall–Kier alpha value is -2.37. The van der Waals surface area contributed by atoms with E-state index in [4.69, 9.17) is 14.9 Å². The van der Waals surface area contributed by atoms with Crippen LogP contribution >= 0.6 is 0 Å². The number of aryl methyl sites for hydroxylation is 1. The van der Waals surface area contributed by atoms with Gasteiger partial charge in [-0.1, -0.05) is 0 Å². The van der Waals surface area contributed by atoms with E-state index in [2.05, 4.69) is 4.98 Å². The first-order valence-corrected chi connectivity index (χ1v) is 5.73. The summed E-state index contributed by atoms with van der Waals surface area (Å²) in [4.78, 5) is 15.5. The molecular weight excluding hydrogens is 251 g/mol. The van der Waals surface area contributed by atoms with E-state index in [-0.39, 0.29) is 29.9 Å². The number of hydrogen-bond donors (Lipinski definition) is 1. The third-order valence-electron chi connectivity index (χ3n) is 2.53. The zero-order valence-corrected chi connectivity index (χ0v) is 10.6. The lowest BCUT2D eigenvalue weighted by molar-refractivity contribution is 0.0521. The highest BCUT2D eigenvalue weighted by Crippen LogP contribution is 2.25. The highest BCUT2D eigenvalue weighted by atomic mass is 19.1. The van der Waals surface area contributed by atoms with Crippen LogP contribution in [-0.2, 0) is 4.74 Å². The second-order valence-electron chi connectivity index (χ2n) is 3.92. The average molecular weight is 264 g/mol. The minimum absolute atomic E-state index is 0.0705. The van der Waals surface area contributed by atoms with Gasteiger partial charge in [0.1, 0.15) is 5.82 Å². The highest BCUT2D eigenvalue weighted by Gasteiger charge is 2.20. The molecule has 100 valence electrons. The predicted octanol–water partition coefficient (Wildman–Crippen LogP) is 2.55. The monoisotopic (exact) mass is 264 g/mol. The van der Waals surface area contributed by atoms with Gasteiger partial charge in [0, 0.05) is 5.56 Å². The molecule has 2 N–H and O–H groups in total. The molecule has 0 bridgehead atoms. The normalized spacial score (nSPS) is 10.5. The summed E-state index contributed by atoms with van der Waals surface area (Å²) in [6.07, 6.45) is 0. The Morgan fingerprint density at radius 1 is 1.53 bits per heavy atom. The number of carbonyl (C=O) groups is 1. The topological polar surface area (TPSA) is 78.3 Å². The van der Waals surface area contributed by atoms with Gasteiger partial charge >= 0.3 is 5.97 Å². The smallest absolute Gasteiger partial charge is 0.362 e. The van der Waals surface area contributed by atoms with Crippen LogP contribution in [0.25, 0.3) is 11.5 Å². The van der Waals surface area contributed by atoms with Crippen molar-refractivity contribution in [2.24, 2.45) is 0 Å². The number of nitrogens with zero attached hydrogens (tertiary/aromatic N) is 1. The maximum Gasteiger partial charge on any atom is 0.362 e. The molecule has 0 aliphatic heterocycles.